The smallest absolute Gasteiger partial charge is 0.219 e. The van der Waals surface area contributed by atoms with Crippen LogP contribution >= 0.6 is 0 Å². The number of nitrogens with one attached hydrogen (secondary N) is 1. The molecule has 4 heteroatoms. The number of rotatable bonds is 22. The van der Waals surface area contributed by atoms with E-state index < -0.39 is 0 Å². The fourth-order valence-corrected chi connectivity index (χ4v) is 3.38. The standard InChI is InChI=1S/C23H47NO3/c1-27-22-18-14-10-8-6-4-2-3-5-7-9-11-15-19-23(26)24-20-16-12-13-17-21-25/h25H,2-22H2,1H3,(H,24,26). The SMILES string of the molecule is COCCCCCCCCCCCCCCCC(=O)NCCCCCCO. The molecular formula is C23H47NO3. The van der Waals surface area contributed by atoms with Crippen LogP contribution in [0.3, 0.4) is 0 Å². The van der Waals surface area contributed by atoms with Crippen LogP contribution in [0.4, 0.5) is 0 Å². The third-order valence-electron chi connectivity index (χ3n) is 5.16. The summed E-state index contributed by atoms with van der Waals surface area (Å²) in [6.07, 6.45) is 21.7. The van der Waals surface area contributed by atoms with E-state index in [1.807, 2.05) is 0 Å². The van der Waals surface area contributed by atoms with Crippen LogP contribution in [0, 0.1) is 0 Å². The zero-order valence-electron chi connectivity index (χ0n) is 18.1. The molecule has 0 spiro atoms. The molecule has 0 unspecified atom stereocenters. The molecule has 0 fully saturated rings. The predicted molar refractivity (Wildman–Crippen MR) is 115 cm³/mol. The average molecular weight is 386 g/mol. The highest BCUT2D eigenvalue weighted by molar-refractivity contribution is 5.75. The van der Waals surface area contributed by atoms with Gasteiger partial charge in [0, 0.05) is 33.3 Å². The Balaban J connectivity index is 3.10. The van der Waals surface area contributed by atoms with Crippen LogP contribution in [0.5, 0.6) is 0 Å². The van der Waals surface area contributed by atoms with Crippen LogP contribution in [0.15, 0.2) is 0 Å². The Morgan fingerprint density at radius 1 is 0.667 bits per heavy atom. The number of ether oxygens (including phenoxy) is 1. The maximum atomic E-state index is 11.7. The molecule has 0 aliphatic rings. The molecular weight excluding hydrogens is 338 g/mol. The highest BCUT2D eigenvalue weighted by Gasteiger charge is 2.00. The van der Waals surface area contributed by atoms with Crippen LogP contribution in [-0.2, 0) is 9.53 Å². The van der Waals surface area contributed by atoms with Crippen molar-refractivity contribution in [1.82, 2.24) is 5.32 Å². The zero-order valence-corrected chi connectivity index (χ0v) is 18.1. The van der Waals surface area contributed by atoms with E-state index >= 15 is 0 Å². The van der Waals surface area contributed by atoms with Crippen molar-refractivity contribution in [2.75, 3.05) is 26.9 Å². The van der Waals surface area contributed by atoms with E-state index in [-0.39, 0.29) is 12.5 Å². The van der Waals surface area contributed by atoms with Crippen LogP contribution in [-0.4, -0.2) is 37.9 Å². The molecule has 0 aromatic carbocycles. The second kappa shape index (κ2) is 23.4. The van der Waals surface area contributed by atoms with Crippen molar-refractivity contribution in [3.05, 3.63) is 0 Å². The molecule has 0 atom stereocenters. The molecule has 0 heterocycles. The van der Waals surface area contributed by atoms with Gasteiger partial charge in [0.15, 0.2) is 0 Å². The number of aliphatic hydroxyl groups is 1. The minimum atomic E-state index is 0.208. The lowest BCUT2D eigenvalue weighted by Gasteiger charge is -2.05. The summed E-state index contributed by atoms with van der Waals surface area (Å²) in [5.74, 6) is 0.208. The highest BCUT2D eigenvalue weighted by Crippen LogP contribution is 2.13. The number of unbranched alkanes of at least 4 members (excludes halogenated alkanes) is 15. The number of aliphatic hydroxyl groups excluding tert-OH is 1. The summed E-state index contributed by atoms with van der Waals surface area (Å²) in [5, 5.41) is 11.7. The number of hydrogen-bond acceptors (Lipinski definition) is 3. The minimum absolute atomic E-state index is 0.208. The monoisotopic (exact) mass is 385 g/mol. The average Bonchev–Trinajstić information content (AvgIpc) is 2.67. The molecule has 0 saturated carbocycles. The predicted octanol–water partition coefficient (Wildman–Crippen LogP) is 5.76. The Morgan fingerprint density at radius 3 is 1.63 bits per heavy atom. The summed E-state index contributed by atoms with van der Waals surface area (Å²) < 4.78 is 5.06. The quantitative estimate of drug-likeness (QED) is 0.233. The summed E-state index contributed by atoms with van der Waals surface area (Å²) in [6.45, 7) is 1.98. The van der Waals surface area contributed by atoms with E-state index in [4.69, 9.17) is 9.84 Å². The Hall–Kier alpha value is -0.610. The molecule has 0 rings (SSSR count). The van der Waals surface area contributed by atoms with Gasteiger partial charge < -0.3 is 15.2 Å². The lowest BCUT2D eigenvalue weighted by molar-refractivity contribution is -0.121. The summed E-state index contributed by atoms with van der Waals surface area (Å²) in [5.41, 5.74) is 0. The maximum Gasteiger partial charge on any atom is 0.219 e. The number of methoxy groups -OCH3 is 1. The van der Waals surface area contributed by atoms with Crippen LogP contribution in [0.2, 0.25) is 0 Å². The third kappa shape index (κ3) is 23.4. The first-order valence-corrected chi connectivity index (χ1v) is 11.7. The molecule has 162 valence electrons. The number of amides is 1. The second-order valence-corrected chi connectivity index (χ2v) is 7.83. The lowest BCUT2D eigenvalue weighted by atomic mass is 10.0. The summed E-state index contributed by atoms with van der Waals surface area (Å²) in [6, 6.07) is 0. The van der Waals surface area contributed by atoms with Gasteiger partial charge in [-0.1, -0.05) is 83.5 Å². The van der Waals surface area contributed by atoms with Gasteiger partial charge in [-0.25, -0.2) is 0 Å². The van der Waals surface area contributed by atoms with E-state index in [0.717, 1.165) is 45.3 Å². The lowest BCUT2D eigenvalue weighted by Crippen LogP contribution is -2.23. The summed E-state index contributed by atoms with van der Waals surface area (Å²) in [4.78, 5) is 11.7. The Morgan fingerprint density at radius 2 is 1.11 bits per heavy atom. The van der Waals surface area contributed by atoms with E-state index in [1.165, 1.54) is 77.0 Å². The molecule has 1 amide bonds. The molecule has 0 aromatic rings. The van der Waals surface area contributed by atoms with Crippen molar-refractivity contribution < 1.29 is 14.6 Å². The second-order valence-electron chi connectivity index (χ2n) is 7.83. The summed E-state index contributed by atoms with van der Waals surface area (Å²) >= 11 is 0. The fraction of sp³-hybridized carbons (Fsp3) is 0.957. The first-order chi connectivity index (χ1) is 13.3. The van der Waals surface area contributed by atoms with Crippen molar-refractivity contribution in [1.29, 1.82) is 0 Å². The van der Waals surface area contributed by atoms with Gasteiger partial charge in [0.25, 0.3) is 0 Å². The van der Waals surface area contributed by atoms with Crippen molar-refractivity contribution in [2.24, 2.45) is 0 Å². The van der Waals surface area contributed by atoms with E-state index in [9.17, 15) is 4.79 Å². The van der Waals surface area contributed by atoms with E-state index in [0.29, 0.717) is 6.42 Å². The Kier molecular flexibility index (Phi) is 22.9. The zero-order chi connectivity index (χ0) is 19.8. The first-order valence-electron chi connectivity index (χ1n) is 11.7. The van der Waals surface area contributed by atoms with Gasteiger partial charge in [0.2, 0.25) is 5.91 Å². The Labute approximate surface area is 168 Å². The minimum Gasteiger partial charge on any atom is -0.396 e. The molecule has 0 aromatic heterocycles. The van der Waals surface area contributed by atoms with Crippen LogP contribution < -0.4 is 5.32 Å². The van der Waals surface area contributed by atoms with Gasteiger partial charge in [0.1, 0.15) is 0 Å². The molecule has 0 radical (unpaired) electrons. The van der Waals surface area contributed by atoms with Gasteiger partial charge in [0.05, 0.1) is 0 Å². The van der Waals surface area contributed by atoms with Crippen molar-refractivity contribution in [3.63, 3.8) is 0 Å². The molecule has 2 N–H and O–H groups in total. The first kappa shape index (κ1) is 26.4. The van der Waals surface area contributed by atoms with Crippen molar-refractivity contribution in [2.45, 2.75) is 116 Å². The molecule has 27 heavy (non-hydrogen) atoms. The molecule has 0 aliphatic heterocycles. The molecule has 0 saturated heterocycles. The van der Waals surface area contributed by atoms with Gasteiger partial charge in [-0.3, -0.25) is 4.79 Å². The fourth-order valence-electron chi connectivity index (χ4n) is 3.38. The van der Waals surface area contributed by atoms with Crippen LogP contribution in [0.25, 0.3) is 0 Å². The number of hydrogen-bond donors (Lipinski definition) is 2. The molecule has 0 bridgehead atoms. The topological polar surface area (TPSA) is 58.6 Å². The van der Waals surface area contributed by atoms with Gasteiger partial charge in [-0.05, 0) is 25.7 Å². The third-order valence-corrected chi connectivity index (χ3v) is 5.16. The van der Waals surface area contributed by atoms with E-state index in [1.54, 1.807) is 7.11 Å². The highest BCUT2D eigenvalue weighted by atomic mass is 16.5. The largest absolute Gasteiger partial charge is 0.396 e. The van der Waals surface area contributed by atoms with Gasteiger partial charge in [-0.15, -0.1) is 0 Å². The van der Waals surface area contributed by atoms with E-state index in [2.05, 4.69) is 5.32 Å². The Bertz CT molecular complexity index is 297. The van der Waals surface area contributed by atoms with Crippen molar-refractivity contribution >= 4 is 5.91 Å². The molecule has 4 nitrogen and oxygen atoms in total. The molecule has 0 aliphatic carbocycles. The van der Waals surface area contributed by atoms with Crippen molar-refractivity contribution in [3.8, 4) is 0 Å². The van der Waals surface area contributed by atoms with Gasteiger partial charge in [-0.2, -0.15) is 0 Å². The maximum absolute atomic E-state index is 11.7. The van der Waals surface area contributed by atoms with Gasteiger partial charge >= 0.3 is 0 Å². The number of carbonyl (C=O) groups is 1. The van der Waals surface area contributed by atoms with Crippen LogP contribution in [0.1, 0.15) is 116 Å². The number of carbonyl (C=O) groups excluding carboxylic acids is 1. The summed E-state index contributed by atoms with van der Waals surface area (Å²) in [7, 11) is 1.78. The normalized spacial score (nSPS) is 11.0.